The quantitative estimate of drug-likeness (QED) is 0.504. The Bertz CT molecular complexity index is 787. The highest BCUT2D eigenvalue weighted by molar-refractivity contribution is 7.46. The molecule has 10 nitrogen and oxygen atoms in total. The number of hydrogen-bond acceptors (Lipinski definition) is 6. The minimum atomic E-state index is -4.77. The molecule has 23 heavy (non-hydrogen) atoms. The van der Waals surface area contributed by atoms with Gasteiger partial charge >= 0.3 is 13.5 Å². The summed E-state index contributed by atoms with van der Waals surface area (Å²) in [5.41, 5.74) is -3.47. The molecule has 0 amide bonds. The minimum absolute atomic E-state index is 0.119. The molecule has 4 N–H and O–H groups in total. The molecule has 1 aliphatic heterocycles. The lowest BCUT2D eigenvalue weighted by molar-refractivity contribution is -0.209. The molecular formula is C11H14FN2O8P. The molecule has 0 aromatic carbocycles. The Morgan fingerprint density at radius 1 is 1.48 bits per heavy atom. The fourth-order valence-electron chi connectivity index (χ4n) is 2.99. The molecule has 1 spiro atoms. The van der Waals surface area contributed by atoms with E-state index in [0.29, 0.717) is 6.20 Å². The van der Waals surface area contributed by atoms with Crippen LogP contribution in [0.3, 0.4) is 0 Å². The van der Waals surface area contributed by atoms with Crippen LogP contribution in [-0.4, -0.2) is 42.3 Å². The average Bonchev–Trinajstić information content (AvgIpc) is 2.78. The van der Waals surface area contributed by atoms with Crippen molar-refractivity contribution < 1.29 is 33.1 Å². The largest absolute Gasteiger partial charge is 0.469 e. The number of aliphatic hydroxyl groups is 1. The molecule has 2 fully saturated rings. The molecule has 1 saturated carbocycles. The summed E-state index contributed by atoms with van der Waals surface area (Å²) in [6.45, 7) is 0. The first-order valence-corrected chi connectivity index (χ1v) is 8.26. The van der Waals surface area contributed by atoms with Crippen LogP contribution in [-0.2, 0) is 13.8 Å². The molecule has 1 aromatic rings. The maximum atomic E-state index is 13.3. The molecule has 1 saturated heterocycles. The zero-order valence-electron chi connectivity index (χ0n) is 11.6. The Hall–Kier alpha value is -1.36. The number of aliphatic hydroxyl groups excluding tert-OH is 1. The summed E-state index contributed by atoms with van der Waals surface area (Å²) in [7, 11) is -4.77. The van der Waals surface area contributed by atoms with Crippen LogP contribution >= 0.6 is 7.82 Å². The molecule has 1 aromatic heterocycles. The van der Waals surface area contributed by atoms with Gasteiger partial charge in [-0.05, 0) is 12.8 Å². The lowest BCUT2D eigenvalue weighted by Gasteiger charge is -2.47. The second-order valence-electron chi connectivity index (χ2n) is 5.55. The molecule has 128 valence electrons. The number of halogens is 1. The number of H-pyrrole nitrogens is 1. The third-order valence-electron chi connectivity index (χ3n) is 4.19. The number of hydrogen-bond donors (Lipinski definition) is 4. The van der Waals surface area contributed by atoms with Crippen molar-refractivity contribution in [1.82, 2.24) is 9.55 Å². The lowest BCUT2D eigenvalue weighted by Crippen LogP contribution is -2.58. The number of aromatic nitrogens is 2. The van der Waals surface area contributed by atoms with Crippen molar-refractivity contribution >= 4 is 7.82 Å². The van der Waals surface area contributed by atoms with Crippen molar-refractivity contribution in [3.8, 4) is 0 Å². The normalized spacial score (nSPS) is 33.8. The molecule has 2 aliphatic rings. The predicted octanol–water partition coefficient (Wildman–Crippen LogP) is -1.03. The molecule has 1 aliphatic carbocycles. The summed E-state index contributed by atoms with van der Waals surface area (Å²) in [6.07, 6.45) is -2.25. The maximum absolute atomic E-state index is 13.3. The van der Waals surface area contributed by atoms with E-state index in [1.54, 1.807) is 4.98 Å². The van der Waals surface area contributed by atoms with Crippen LogP contribution in [0.4, 0.5) is 4.39 Å². The van der Waals surface area contributed by atoms with E-state index in [2.05, 4.69) is 4.52 Å². The van der Waals surface area contributed by atoms with Gasteiger partial charge in [-0.1, -0.05) is 0 Å². The van der Waals surface area contributed by atoms with Crippen LogP contribution in [0.1, 0.15) is 25.5 Å². The second-order valence-corrected chi connectivity index (χ2v) is 6.74. The van der Waals surface area contributed by atoms with Crippen LogP contribution in [0.25, 0.3) is 0 Å². The van der Waals surface area contributed by atoms with Crippen molar-refractivity contribution in [2.75, 3.05) is 0 Å². The van der Waals surface area contributed by atoms with E-state index >= 15 is 0 Å². The fraction of sp³-hybridized carbons (Fsp3) is 0.636. The van der Waals surface area contributed by atoms with Crippen LogP contribution in [0.5, 0.6) is 0 Å². The summed E-state index contributed by atoms with van der Waals surface area (Å²) in [4.78, 5) is 42.3. The Balaban J connectivity index is 1.87. The summed E-state index contributed by atoms with van der Waals surface area (Å²) in [5, 5.41) is 10.2. The first kappa shape index (κ1) is 16.5. The molecule has 4 atom stereocenters. The molecule has 2 heterocycles. The number of phosphoric ester groups is 1. The monoisotopic (exact) mass is 352 g/mol. The van der Waals surface area contributed by atoms with Crippen LogP contribution in [0.2, 0.25) is 0 Å². The van der Waals surface area contributed by atoms with Crippen LogP contribution in [0, 0.1) is 5.82 Å². The molecule has 0 bridgehead atoms. The van der Waals surface area contributed by atoms with E-state index < -0.39 is 48.9 Å². The number of ether oxygens (including phenoxy) is 1. The molecule has 0 radical (unpaired) electrons. The lowest BCUT2D eigenvalue weighted by atomic mass is 9.73. The third kappa shape index (κ3) is 2.80. The molecule has 0 unspecified atom stereocenters. The van der Waals surface area contributed by atoms with Crippen molar-refractivity contribution in [3.05, 3.63) is 32.9 Å². The standard InChI is InChI=1S/C11H14FN2O8P/c12-5-4-14(10(17)13-9(5)16)8-3-6(15)11(21-8)2-1-7(11)22-23(18,19)20/h4,6-8,15H,1-3H2,(H,13,16,17)(H2,18,19,20)/t6-,7+,8+,11-/m0/s1. The van der Waals surface area contributed by atoms with Gasteiger partial charge in [-0.15, -0.1) is 0 Å². The highest BCUT2D eigenvalue weighted by Crippen LogP contribution is 2.54. The Kier molecular flexibility index (Phi) is 3.82. The number of phosphoric acid groups is 1. The SMILES string of the molecule is O=c1[nH]c(=O)n([C@H]2C[C@H](O)[C@]3(CC[C@H]3OP(=O)(O)O)O2)cc1F. The van der Waals surface area contributed by atoms with Crippen LogP contribution in [0.15, 0.2) is 15.8 Å². The molecule has 3 rings (SSSR count). The number of rotatable bonds is 3. The Morgan fingerprint density at radius 3 is 2.74 bits per heavy atom. The van der Waals surface area contributed by atoms with E-state index in [-0.39, 0.29) is 19.3 Å². The number of nitrogens with zero attached hydrogens (tertiary/aromatic N) is 1. The maximum Gasteiger partial charge on any atom is 0.469 e. The summed E-state index contributed by atoms with van der Waals surface area (Å²) in [6, 6.07) is 0. The van der Waals surface area contributed by atoms with Gasteiger partial charge in [0.15, 0.2) is 0 Å². The van der Waals surface area contributed by atoms with Gasteiger partial charge in [0.1, 0.15) is 17.9 Å². The van der Waals surface area contributed by atoms with Crippen molar-refractivity contribution in [1.29, 1.82) is 0 Å². The van der Waals surface area contributed by atoms with Gasteiger partial charge in [-0.25, -0.2) is 9.36 Å². The summed E-state index contributed by atoms with van der Waals surface area (Å²) in [5.74, 6) is -1.19. The zero-order chi connectivity index (χ0) is 17.0. The molecule has 12 heteroatoms. The van der Waals surface area contributed by atoms with E-state index in [4.69, 9.17) is 14.5 Å². The highest BCUT2D eigenvalue weighted by Gasteiger charge is 2.61. The van der Waals surface area contributed by atoms with Gasteiger partial charge in [-0.2, -0.15) is 4.39 Å². The molecular weight excluding hydrogens is 338 g/mol. The van der Waals surface area contributed by atoms with Gasteiger partial charge in [-0.3, -0.25) is 18.9 Å². The Labute approximate surface area is 127 Å². The topological polar surface area (TPSA) is 151 Å². The van der Waals surface area contributed by atoms with Crippen LogP contribution < -0.4 is 11.2 Å². The van der Waals surface area contributed by atoms with Gasteiger partial charge in [0.05, 0.1) is 12.3 Å². The smallest absolute Gasteiger partial charge is 0.390 e. The first-order chi connectivity index (χ1) is 10.6. The predicted molar refractivity (Wildman–Crippen MR) is 70.9 cm³/mol. The van der Waals surface area contributed by atoms with Gasteiger partial charge < -0.3 is 19.6 Å². The second kappa shape index (κ2) is 5.33. The van der Waals surface area contributed by atoms with Gasteiger partial charge in [0.25, 0.3) is 5.56 Å². The minimum Gasteiger partial charge on any atom is -0.390 e. The van der Waals surface area contributed by atoms with Gasteiger partial charge in [0, 0.05) is 6.42 Å². The fourth-order valence-corrected chi connectivity index (χ4v) is 3.60. The zero-order valence-corrected chi connectivity index (χ0v) is 12.5. The van der Waals surface area contributed by atoms with Crippen molar-refractivity contribution in [3.63, 3.8) is 0 Å². The summed E-state index contributed by atoms with van der Waals surface area (Å²) >= 11 is 0. The third-order valence-corrected chi connectivity index (χ3v) is 4.71. The highest BCUT2D eigenvalue weighted by atomic mass is 31.2. The number of aromatic amines is 1. The number of nitrogens with one attached hydrogen (secondary N) is 1. The van der Waals surface area contributed by atoms with E-state index in [1.807, 2.05) is 0 Å². The van der Waals surface area contributed by atoms with Crippen molar-refractivity contribution in [2.24, 2.45) is 0 Å². The first-order valence-electron chi connectivity index (χ1n) is 6.73. The van der Waals surface area contributed by atoms with Crippen molar-refractivity contribution in [2.45, 2.75) is 43.3 Å². The van der Waals surface area contributed by atoms with E-state index in [9.17, 15) is 23.7 Å². The summed E-state index contributed by atoms with van der Waals surface area (Å²) < 4.78 is 35.3. The van der Waals surface area contributed by atoms with E-state index in [1.165, 1.54) is 0 Å². The van der Waals surface area contributed by atoms with Gasteiger partial charge in [0.2, 0.25) is 5.82 Å². The van der Waals surface area contributed by atoms with E-state index in [0.717, 1.165) is 4.57 Å². The Morgan fingerprint density at radius 2 is 2.17 bits per heavy atom. The average molecular weight is 352 g/mol.